The molecule has 0 N–H and O–H groups in total. The van der Waals surface area contributed by atoms with Crippen molar-refractivity contribution in [1.82, 2.24) is 9.55 Å². The van der Waals surface area contributed by atoms with Crippen LogP contribution in [0.2, 0.25) is 19.6 Å². The molecule has 0 aliphatic carbocycles. The number of hydrogen-bond donors (Lipinski definition) is 0. The Morgan fingerprint density at radius 2 is 2.05 bits per heavy atom. The standard InChI is InChI=1S/C15H19ClF2N2OSi/c1-22(2,3)21-15(9-16,10-20-7-6-19-11-20)13-5-4-12(17)8-14(13)18/h4-8,11H,9-10H2,1-3H3. The molecule has 1 aromatic carbocycles. The molecule has 22 heavy (non-hydrogen) atoms. The topological polar surface area (TPSA) is 27.1 Å². The Kier molecular flexibility index (Phi) is 5.04. The van der Waals surface area contributed by atoms with Crippen LogP contribution < -0.4 is 0 Å². The van der Waals surface area contributed by atoms with E-state index in [4.69, 9.17) is 16.0 Å². The molecule has 1 heterocycles. The predicted molar refractivity (Wildman–Crippen MR) is 85.4 cm³/mol. The molecule has 0 aliphatic rings. The van der Waals surface area contributed by atoms with Crippen LogP contribution in [0.4, 0.5) is 8.78 Å². The van der Waals surface area contributed by atoms with Crippen molar-refractivity contribution in [2.24, 2.45) is 0 Å². The van der Waals surface area contributed by atoms with Crippen molar-refractivity contribution < 1.29 is 13.2 Å². The highest BCUT2D eigenvalue weighted by atomic mass is 35.5. The lowest BCUT2D eigenvalue weighted by atomic mass is 9.95. The van der Waals surface area contributed by atoms with E-state index in [-0.39, 0.29) is 11.4 Å². The molecule has 3 nitrogen and oxygen atoms in total. The van der Waals surface area contributed by atoms with E-state index in [1.807, 2.05) is 19.6 Å². The van der Waals surface area contributed by atoms with E-state index in [9.17, 15) is 8.78 Å². The first-order chi connectivity index (χ1) is 10.3. The largest absolute Gasteiger partial charge is 0.405 e. The second-order valence-electron chi connectivity index (χ2n) is 6.20. The van der Waals surface area contributed by atoms with E-state index in [1.165, 1.54) is 12.1 Å². The average molecular weight is 345 g/mol. The number of alkyl halides is 1. The van der Waals surface area contributed by atoms with Crippen molar-refractivity contribution in [3.05, 3.63) is 54.1 Å². The zero-order chi connectivity index (χ0) is 16.4. The van der Waals surface area contributed by atoms with Gasteiger partial charge in [-0.05, 0) is 25.7 Å². The maximum Gasteiger partial charge on any atom is 0.185 e. The van der Waals surface area contributed by atoms with E-state index in [1.54, 1.807) is 23.3 Å². The molecule has 0 spiro atoms. The minimum Gasteiger partial charge on any atom is -0.405 e. The molecule has 0 aliphatic heterocycles. The number of rotatable bonds is 6. The van der Waals surface area contributed by atoms with E-state index in [2.05, 4.69) is 4.98 Å². The first-order valence-electron chi connectivity index (χ1n) is 6.93. The monoisotopic (exact) mass is 344 g/mol. The molecule has 0 saturated heterocycles. The van der Waals surface area contributed by atoms with Crippen molar-refractivity contribution in [1.29, 1.82) is 0 Å². The average Bonchev–Trinajstić information content (AvgIpc) is 2.89. The Morgan fingerprint density at radius 3 is 2.55 bits per heavy atom. The summed E-state index contributed by atoms with van der Waals surface area (Å²) in [6.45, 7) is 6.32. The van der Waals surface area contributed by atoms with Gasteiger partial charge in [-0.1, -0.05) is 6.07 Å². The number of benzene rings is 1. The molecule has 0 saturated carbocycles. The first kappa shape index (κ1) is 17.1. The molecule has 120 valence electrons. The van der Waals surface area contributed by atoms with Gasteiger partial charge in [0.15, 0.2) is 8.32 Å². The molecule has 1 aromatic heterocycles. The Balaban J connectivity index is 2.51. The van der Waals surface area contributed by atoms with Crippen LogP contribution in [0.15, 0.2) is 36.9 Å². The minimum absolute atomic E-state index is 0.0536. The third kappa shape index (κ3) is 3.94. The van der Waals surface area contributed by atoms with Gasteiger partial charge in [0.05, 0.1) is 18.8 Å². The number of nitrogens with zero attached hydrogens (tertiary/aromatic N) is 2. The summed E-state index contributed by atoms with van der Waals surface area (Å²) in [6, 6.07) is 3.49. The van der Waals surface area contributed by atoms with Gasteiger partial charge < -0.3 is 8.99 Å². The number of aromatic nitrogens is 2. The first-order valence-corrected chi connectivity index (χ1v) is 10.9. The summed E-state index contributed by atoms with van der Waals surface area (Å²) in [4.78, 5) is 3.99. The van der Waals surface area contributed by atoms with Gasteiger partial charge in [0.1, 0.15) is 17.2 Å². The fourth-order valence-corrected chi connectivity index (χ4v) is 4.23. The lowest BCUT2D eigenvalue weighted by molar-refractivity contribution is 0.0585. The second kappa shape index (κ2) is 6.48. The summed E-state index contributed by atoms with van der Waals surface area (Å²) in [6.07, 6.45) is 5.02. The molecular formula is C15H19ClF2N2OSi. The highest BCUT2D eigenvalue weighted by molar-refractivity contribution is 6.69. The van der Waals surface area contributed by atoms with E-state index in [0.29, 0.717) is 6.54 Å². The maximum absolute atomic E-state index is 14.3. The maximum atomic E-state index is 14.3. The van der Waals surface area contributed by atoms with Gasteiger partial charge in [-0.2, -0.15) is 0 Å². The third-order valence-corrected chi connectivity index (χ3v) is 4.57. The summed E-state index contributed by atoms with van der Waals surface area (Å²) < 4.78 is 35.6. The van der Waals surface area contributed by atoms with Crippen LogP contribution in [0.25, 0.3) is 0 Å². The number of halogens is 3. The van der Waals surface area contributed by atoms with Gasteiger partial charge in [-0.15, -0.1) is 11.6 Å². The van der Waals surface area contributed by atoms with Gasteiger partial charge in [-0.25, -0.2) is 13.8 Å². The summed E-state index contributed by atoms with van der Waals surface area (Å²) >= 11 is 6.20. The Morgan fingerprint density at radius 1 is 1.32 bits per heavy atom. The Hall–Kier alpha value is -1.24. The van der Waals surface area contributed by atoms with Crippen molar-refractivity contribution in [2.45, 2.75) is 31.8 Å². The summed E-state index contributed by atoms with van der Waals surface area (Å²) in [5.41, 5.74) is -0.801. The van der Waals surface area contributed by atoms with Crippen LogP contribution in [0.1, 0.15) is 5.56 Å². The van der Waals surface area contributed by atoms with E-state index >= 15 is 0 Å². The van der Waals surface area contributed by atoms with Crippen LogP contribution >= 0.6 is 11.6 Å². The highest BCUT2D eigenvalue weighted by Gasteiger charge is 2.39. The lowest BCUT2D eigenvalue weighted by Gasteiger charge is -2.38. The Bertz CT molecular complexity index is 631. The normalized spacial score (nSPS) is 14.8. The van der Waals surface area contributed by atoms with Crippen LogP contribution in [0, 0.1) is 11.6 Å². The number of imidazole rings is 1. The van der Waals surface area contributed by atoms with Crippen LogP contribution in [-0.4, -0.2) is 23.7 Å². The summed E-state index contributed by atoms with van der Waals surface area (Å²) in [7, 11) is -2.04. The summed E-state index contributed by atoms with van der Waals surface area (Å²) in [5.74, 6) is -1.22. The van der Waals surface area contributed by atoms with E-state index < -0.39 is 25.6 Å². The molecule has 1 unspecified atom stereocenters. The minimum atomic E-state index is -2.04. The zero-order valence-electron chi connectivity index (χ0n) is 12.8. The molecule has 0 fully saturated rings. The van der Waals surface area contributed by atoms with Crippen molar-refractivity contribution in [2.75, 3.05) is 5.88 Å². The molecule has 0 amide bonds. The molecule has 2 rings (SSSR count). The van der Waals surface area contributed by atoms with Crippen LogP contribution in [0.3, 0.4) is 0 Å². The quantitative estimate of drug-likeness (QED) is 0.581. The highest BCUT2D eigenvalue weighted by Crippen LogP contribution is 2.35. The van der Waals surface area contributed by atoms with Gasteiger partial charge in [-0.3, -0.25) is 0 Å². The molecule has 1 atom stereocenters. The molecular weight excluding hydrogens is 326 g/mol. The SMILES string of the molecule is C[Si](C)(C)OC(CCl)(Cn1ccnc1)c1ccc(F)cc1F. The van der Waals surface area contributed by atoms with Gasteiger partial charge in [0.2, 0.25) is 0 Å². The predicted octanol–water partition coefficient (Wildman–Crippen LogP) is 4.15. The van der Waals surface area contributed by atoms with Crippen LogP contribution in [-0.2, 0) is 16.6 Å². The lowest BCUT2D eigenvalue weighted by Crippen LogP contribution is -2.45. The van der Waals surface area contributed by atoms with Gasteiger partial charge in [0.25, 0.3) is 0 Å². The fraction of sp³-hybridized carbons (Fsp3) is 0.400. The van der Waals surface area contributed by atoms with Crippen molar-refractivity contribution in [3.63, 3.8) is 0 Å². The molecule has 7 heteroatoms. The summed E-state index contributed by atoms with van der Waals surface area (Å²) in [5, 5.41) is 0. The van der Waals surface area contributed by atoms with Crippen LogP contribution in [0.5, 0.6) is 0 Å². The third-order valence-electron chi connectivity index (χ3n) is 3.14. The van der Waals surface area contributed by atoms with Crippen molar-refractivity contribution in [3.8, 4) is 0 Å². The number of hydrogen-bond acceptors (Lipinski definition) is 2. The Labute approximate surface area is 135 Å². The van der Waals surface area contributed by atoms with E-state index in [0.717, 1.165) is 6.07 Å². The van der Waals surface area contributed by atoms with Gasteiger partial charge in [0, 0.05) is 24.0 Å². The fourth-order valence-electron chi connectivity index (χ4n) is 2.43. The smallest absolute Gasteiger partial charge is 0.185 e. The molecule has 0 bridgehead atoms. The zero-order valence-corrected chi connectivity index (χ0v) is 14.6. The van der Waals surface area contributed by atoms with Gasteiger partial charge >= 0.3 is 0 Å². The van der Waals surface area contributed by atoms with Crippen molar-refractivity contribution >= 4 is 19.9 Å². The molecule has 2 aromatic rings. The molecule has 0 radical (unpaired) electrons. The second-order valence-corrected chi connectivity index (χ2v) is 10.9.